The summed E-state index contributed by atoms with van der Waals surface area (Å²) in [4.78, 5) is 12.5. The lowest BCUT2D eigenvalue weighted by atomic mass is 10.1. The predicted octanol–water partition coefficient (Wildman–Crippen LogP) is 3.76. The van der Waals surface area contributed by atoms with Crippen LogP contribution in [0, 0.1) is 5.82 Å². The molecule has 26 heavy (non-hydrogen) atoms. The van der Waals surface area contributed by atoms with Gasteiger partial charge in [-0.05, 0) is 43.7 Å². The molecule has 0 aliphatic heterocycles. The van der Waals surface area contributed by atoms with Crippen molar-refractivity contribution in [3.63, 3.8) is 0 Å². The molecule has 2 atom stereocenters. The van der Waals surface area contributed by atoms with E-state index in [0.29, 0.717) is 5.16 Å². The summed E-state index contributed by atoms with van der Waals surface area (Å²) in [5.41, 5.74) is 1.79. The molecule has 0 spiro atoms. The number of aromatic nitrogens is 3. The van der Waals surface area contributed by atoms with Crippen LogP contribution in [-0.2, 0) is 4.79 Å². The summed E-state index contributed by atoms with van der Waals surface area (Å²) < 4.78 is 14.9. The molecular formula is C19H19FN4OS. The van der Waals surface area contributed by atoms with E-state index in [1.165, 1.54) is 23.9 Å². The molecule has 3 rings (SSSR count). The van der Waals surface area contributed by atoms with Gasteiger partial charge in [0.15, 0.2) is 5.16 Å². The van der Waals surface area contributed by atoms with Gasteiger partial charge in [-0.15, -0.1) is 10.2 Å². The van der Waals surface area contributed by atoms with E-state index in [1.807, 2.05) is 48.7 Å². The van der Waals surface area contributed by atoms with E-state index in [0.717, 1.165) is 11.3 Å². The van der Waals surface area contributed by atoms with Gasteiger partial charge in [0.1, 0.15) is 12.1 Å². The monoisotopic (exact) mass is 370 g/mol. The van der Waals surface area contributed by atoms with E-state index in [4.69, 9.17) is 0 Å². The Morgan fingerprint density at radius 1 is 1.12 bits per heavy atom. The second-order valence-corrected chi connectivity index (χ2v) is 7.17. The van der Waals surface area contributed by atoms with Gasteiger partial charge in [0, 0.05) is 5.69 Å². The number of nitrogens with one attached hydrogen (secondary N) is 1. The summed E-state index contributed by atoms with van der Waals surface area (Å²) >= 11 is 1.34. The van der Waals surface area contributed by atoms with Gasteiger partial charge >= 0.3 is 0 Å². The average Bonchev–Trinajstić information content (AvgIpc) is 3.11. The smallest absolute Gasteiger partial charge is 0.233 e. The number of benzene rings is 2. The Hall–Kier alpha value is -2.67. The summed E-state index contributed by atoms with van der Waals surface area (Å²) in [6.45, 7) is 3.69. The van der Waals surface area contributed by atoms with E-state index in [9.17, 15) is 9.18 Å². The van der Waals surface area contributed by atoms with E-state index < -0.39 is 0 Å². The Kier molecular flexibility index (Phi) is 5.68. The van der Waals surface area contributed by atoms with Crippen molar-refractivity contribution in [1.82, 2.24) is 20.1 Å². The quantitative estimate of drug-likeness (QED) is 0.671. The molecule has 0 fully saturated rings. The molecule has 0 aliphatic rings. The Balaban J connectivity index is 1.65. The molecule has 5 nitrogen and oxygen atoms in total. The third-order valence-corrected chi connectivity index (χ3v) is 4.99. The van der Waals surface area contributed by atoms with Crippen LogP contribution in [0.3, 0.4) is 0 Å². The van der Waals surface area contributed by atoms with Gasteiger partial charge in [-0.2, -0.15) is 0 Å². The Morgan fingerprint density at radius 2 is 1.81 bits per heavy atom. The van der Waals surface area contributed by atoms with Crippen molar-refractivity contribution in [2.24, 2.45) is 0 Å². The third kappa shape index (κ3) is 4.29. The maximum atomic E-state index is 13.0. The first-order chi connectivity index (χ1) is 12.5. The number of amides is 1. The van der Waals surface area contributed by atoms with Crippen LogP contribution in [0.5, 0.6) is 0 Å². The number of hydrogen-bond acceptors (Lipinski definition) is 4. The van der Waals surface area contributed by atoms with Crippen LogP contribution < -0.4 is 5.32 Å². The minimum absolute atomic E-state index is 0.116. The zero-order valence-electron chi connectivity index (χ0n) is 14.5. The van der Waals surface area contributed by atoms with Crippen LogP contribution in [0.4, 0.5) is 4.39 Å². The number of thioether (sulfide) groups is 1. The summed E-state index contributed by atoms with van der Waals surface area (Å²) in [5, 5.41) is 11.3. The second-order valence-electron chi connectivity index (χ2n) is 5.86. The van der Waals surface area contributed by atoms with Crippen LogP contribution in [0.15, 0.2) is 66.1 Å². The lowest BCUT2D eigenvalue weighted by Crippen LogP contribution is -2.33. The Morgan fingerprint density at radius 3 is 2.50 bits per heavy atom. The minimum Gasteiger partial charge on any atom is -0.349 e. The zero-order chi connectivity index (χ0) is 18.5. The summed E-state index contributed by atoms with van der Waals surface area (Å²) in [6, 6.07) is 15.6. The molecule has 1 N–H and O–H groups in total. The highest BCUT2D eigenvalue weighted by atomic mass is 32.2. The summed E-state index contributed by atoms with van der Waals surface area (Å²) in [7, 11) is 0. The van der Waals surface area contributed by atoms with Crippen molar-refractivity contribution >= 4 is 17.7 Å². The highest BCUT2D eigenvalue weighted by molar-refractivity contribution is 8.00. The van der Waals surface area contributed by atoms with Crippen molar-refractivity contribution in [3.05, 3.63) is 72.3 Å². The fourth-order valence-corrected chi connectivity index (χ4v) is 3.30. The van der Waals surface area contributed by atoms with E-state index in [1.54, 1.807) is 18.5 Å². The molecule has 2 aromatic carbocycles. The molecule has 0 bridgehead atoms. The number of carbonyl (C=O) groups is 1. The van der Waals surface area contributed by atoms with Gasteiger partial charge in [-0.1, -0.05) is 42.1 Å². The van der Waals surface area contributed by atoms with Gasteiger partial charge < -0.3 is 5.32 Å². The molecule has 1 aromatic heterocycles. The molecule has 0 radical (unpaired) electrons. The van der Waals surface area contributed by atoms with Crippen molar-refractivity contribution in [2.75, 3.05) is 0 Å². The molecule has 1 heterocycles. The molecule has 3 aromatic rings. The van der Waals surface area contributed by atoms with Gasteiger partial charge in [-0.25, -0.2) is 4.39 Å². The SMILES string of the molecule is CC(Sc1nncn1-c1ccccc1)C(=O)NC(C)c1ccc(F)cc1. The van der Waals surface area contributed by atoms with Gasteiger partial charge in [0.05, 0.1) is 11.3 Å². The molecule has 7 heteroatoms. The molecule has 0 saturated carbocycles. The number of nitrogens with zero attached hydrogens (tertiary/aromatic N) is 3. The van der Waals surface area contributed by atoms with Crippen LogP contribution in [0.25, 0.3) is 5.69 Å². The lowest BCUT2D eigenvalue weighted by molar-refractivity contribution is -0.120. The highest BCUT2D eigenvalue weighted by Gasteiger charge is 2.20. The van der Waals surface area contributed by atoms with Crippen LogP contribution in [-0.4, -0.2) is 25.9 Å². The highest BCUT2D eigenvalue weighted by Crippen LogP contribution is 2.24. The van der Waals surface area contributed by atoms with Crippen molar-refractivity contribution in [2.45, 2.75) is 30.3 Å². The first kappa shape index (κ1) is 18.1. The molecule has 1 amide bonds. The molecule has 2 unspecified atom stereocenters. The Labute approximate surface area is 155 Å². The number of rotatable bonds is 6. The van der Waals surface area contributed by atoms with Crippen LogP contribution in [0.2, 0.25) is 0 Å². The minimum atomic E-state index is -0.357. The maximum absolute atomic E-state index is 13.0. The molecule has 0 aliphatic carbocycles. The third-order valence-electron chi connectivity index (χ3n) is 3.93. The van der Waals surface area contributed by atoms with Gasteiger partial charge in [0.25, 0.3) is 0 Å². The first-order valence-electron chi connectivity index (χ1n) is 8.22. The van der Waals surface area contributed by atoms with E-state index in [2.05, 4.69) is 15.5 Å². The number of halogens is 1. The molecular weight excluding hydrogens is 351 g/mol. The van der Waals surface area contributed by atoms with Crippen molar-refractivity contribution < 1.29 is 9.18 Å². The van der Waals surface area contributed by atoms with Crippen molar-refractivity contribution in [1.29, 1.82) is 0 Å². The fraction of sp³-hybridized carbons (Fsp3) is 0.211. The van der Waals surface area contributed by atoms with Crippen molar-refractivity contribution in [3.8, 4) is 5.69 Å². The standard InChI is InChI=1S/C19H19FN4OS/c1-13(15-8-10-16(20)11-9-15)22-18(25)14(2)26-19-23-21-12-24(19)17-6-4-3-5-7-17/h3-14H,1-2H3,(H,22,25). The average molecular weight is 370 g/mol. The largest absolute Gasteiger partial charge is 0.349 e. The molecule has 0 saturated heterocycles. The van der Waals surface area contributed by atoms with Gasteiger partial charge in [-0.3, -0.25) is 9.36 Å². The fourth-order valence-electron chi connectivity index (χ4n) is 2.45. The topological polar surface area (TPSA) is 59.8 Å². The number of para-hydroxylation sites is 1. The lowest BCUT2D eigenvalue weighted by Gasteiger charge is -2.17. The molecule has 134 valence electrons. The second kappa shape index (κ2) is 8.14. The number of carbonyl (C=O) groups excluding carboxylic acids is 1. The summed E-state index contributed by atoms with van der Waals surface area (Å²) in [5.74, 6) is -0.411. The van der Waals surface area contributed by atoms with E-state index >= 15 is 0 Å². The first-order valence-corrected chi connectivity index (χ1v) is 9.10. The predicted molar refractivity (Wildman–Crippen MR) is 99.6 cm³/mol. The van der Waals surface area contributed by atoms with Crippen LogP contribution in [0.1, 0.15) is 25.5 Å². The van der Waals surface area contributed by atoms with Crippen LogP contribution >= 0.6 is 11.8 Å². The van der Waals surface area contributed by atoms with E-state index in [-0.39, 0.29) is 23.0 Å². The maximum Gasteiger partial charge on any atom is 0.233 e. The normalized spacial score (nSPS) is 13.2. The Bertz CT molecular complexity index is 867. The summed E-state index contributed by atoms with van der Waals surface area (Å²) in [6.07, 6.45) is 1.63. The number of hydrogen-bond donors (Lipinski definition) is 1. The van der Waals surface area contributed by atoms with Gasteiger partial charge in [0.2, 0.25) is 5.91 Å². The zero-order valence-corrected chi connectivity index (χ0v) is 15.3.